The van der Waals surface area contributed by atoms with E-state index in [-0.39, 0.29) is 27.1 Å². The molecule has 1 aliphatic rings. The highest BCUT2D eigenvalue weighted by Crippen LogP contribution is 2.38. The molecule has 3 N–H and O–H groups in total. The Balaban J connectivity index is 2.35. The van der Waals surface area contributed by atoms with Crippen LogP contribution in [-0.4, -0.2) is 55.5 Å². The number of thioether (sulfide) groups is 1. The number of carboxylic acid groups (broad SMARTS) is 2. The summed E-state index contributed by atoms with van der Waals surface area (Å²) in [6.45, 7) is 0. The Morgan fingerprint density at radius 2 is 2.07 bits per heavy atom. The zero-order chi connectivity index (χ0) is 20.3. The van der Waals surface area contributed by atoms with Gasteiger partial charge in [0.2, 0.25) is 0 Å². The third kappa shape index (κ3) is 4.79. The zero-order valence-electron chi connectivity index (χ0n) is 13.8. The molecule has 1 aliphatic heterocycles. The molecule has 1 aromatic rings. The Labute approximate surface area is 171 Å². The molecule has 1 atom stereocenters. The number of rotatable bonds is 7. The van der Waals surface area contributed by atoms with Crippen LogP contribution >= 0.6 is 39.9 Å². The van der Waals surface area contributed by atoms with Crippen LogP contribution in [-0.2, 0) is 14.4 Å². The maximum Gasteiger partial charge on any atom is 0.326 e. The van der Waals surface area contributed by atoms with Crippen molar-refractivity contribution in [3.63, 3.8) is 0 Å². The zero-order valence-corrected chi connectivity index (χ0v) is 17.1. The summed E-state index contributed by atoms with van der Waals surface area (Å²) in [7, 11) is 1.38. The first kappa shape index (κ1) is 21.2. The average molecular weight is 476 g/mol. The molecule has 0 radical (unpaired) electrons. The number of phenolic OH excluding ortho intramolecular Hbond substituents is 1. The van der Waals surface area contributed by atoms with E-state index in [4.69, 9.17) is 22.1 Å². The fourth-order valence-electron chi connectivity index (χ4n) is 2.35. The van der Waals surface area contributed by atoms with Gasteiger partial charge in [-0.1, -0.05) is 39.9 Å². The number of halogens is 1. The number of aromatic hydroxyl groups is 1. The molecule has 1 fully saturated rings. The van der Waals surface area contributed by atoms with Gasteiger partial charge in [0.15, 0.2) is 11.5 Å². The maximum absolute atomic E-state index is 12.7. The predicted octanol–water partition coefficient (Wildman–Crippen LogP) is 2.68. The first-order valence-electron chi connectivity index (χ1n) is 7.43. The molecule has 8 nitrogen and oxygen atoms in total. The van der Waals surface area contributed by atoms with Gasteiger partial charge in [0, 0.05) is 10.9 Å². The van der Waals surface area contributed by atoms with Crippen molar-refractivity contribution in [1.29, 1.82) is 0 Å². The lowest BCUT2D eigenvalue weighted by Gasteiger charge is -2.22. The average Bonchev–Trinajstić information content (AvgIpc) is 2.84. The number of carbonyl (C=O) groups is 3. The summed E-state index contributed by atoms with van der Waals surface area (Å²) in [5, 5.41) is 27.9. The number of aliphatic carboxylic acids is 2. The Hall–Kier alpha value is -2.11. The van der Waals surface area contributed by atoms with Crippen LogP contribution in [0.25, 0.3) is 6.08 Å². The molecule has 2 rings (SSSR count). The van der Waals surface area contributed by atoms with Crippen molar-refractivity contribution in [2.75, 3.05) is 7.11 Å². The van der Waals surface area contributed by atoms with Crippen molar-refractivity contribution < 1.29 is 34.4 Å². The van der Waals surface area contributed by atoms with Crippen molar-refractivity contribution in [2.45, 2.75) is 18.9 Å². The van der Waals surface area contributed by atoms with Crippen LogP contribution < -0.4 is 4.74 Å². The molecule has 144 valence electrons. The SMILES string of the molecule is COc1cc(/C=C2\SC(=S)N(C(CCC(=O)O)C(=O)O)C2=O)c(Br)cc1O. The van der Waals surface area contributed by atoms with Crippen molar-refractivity contribution in [3.05, 3.63) is 27.1 Å². The Kier molecular flexibility index (Phi) is 6.84. The molecule has 1 heterocycles. The number of carbonyl (C=O) groups excluding carboxylic acids is 1. The molecule has 1 unspecified atom stereocenters. The molecule has 1 saturated heterocycles. The molecule has 1 amide bonds. The number of methoxy groups -OCH3 is 1. The standard InChI is InChI=1S/C16H14BrNO7S2/c1-25-11-4-7(8(17)6-10(11)19)5-12-14(22)18(16(26)27-12)9(15(23)24)2-3-13(20)21/h4-6,9,19H,2-3H2,1H3,(H,20,21)(H,23,24)/b12-5-. The summed E-state index contributed by atoms with van der Waals surface area (Å²) in [4.78, 5) is 36.0. The maximum atomic E-state index is 12.7. The number of phenols is 1. The second-order valence-electron chi connectivity index (χ2n) is 5.38. The van der Waals surface area contributed by atoms with E-state index < -0.39 is 30.3 Å². The minimum atomic E-state index is -1.36. The highest BCUT2D eigenvalue weighted by atomic mass is 79.9. The van der Waals surface area contributed by atoms with Gasteiger partial charge in [-0.05, 0) is 30.2 Å². The first-order valence-corrected chi connectivity index (χ1v) is 9.45. The molecule has 0 aliphatic carbocycles. The van der Waals surface area contributed by atoms with Crippen LogP contribution in [0.2, 0.25) is 0 Å². The largest absolute Gasteiger partial charge is 0.504 e. The lowest BCUT2D eigenvalue weighted by molar-refractivity contribution is -0.146. The minimum Gasteiger partial charge on any atom is -0.504 e. The van der Waals surface area contributed by atoms with E-state index in [1.54, 1.807) is 0 Å². The predicted molar refractivity (Wildman–Crippen MR) is 106 cm³/mol. The van der Waals surface area contributed by atoms with Gasteiger partial charge in [-0.25, -0.2) is 4.79 Å². The van der Waals surface area contributed by atoms with E-state index in [0.717, 1.165) is 16.7 Å². The molecule has 0 saturated carbocycles. The highest BCUT2D eigenvalue weighted by molar-refractivity contribution is 9.10. The molecule has 11 heteroatoms. The van der Waals surface area contributed by atoms with Crippen molar-refractivity contribution in [2.24, 2.45) is 0 Å². The second-order valence-corrected chi connectivity index (χ2v) is 7.91. The molecular weight excluding hydrogens is 462 g/mol. The highest BCUT2D eigenvalue weighted by Gasteiger charge is 2.40. The van der Waals surface area contributed by atoms with Gasteiger partial charge < -0.3 is 20.1 Å². The fraction of sp³-hybridized carbons (Fsp3) is 0.250. The van der Waals surface area contributed by atoms with Crippen LogP contribution in [0.4, 0.5) is 0 Å². The molecule has 27 heavy (non-hydrogen) atoms. The number of carboxylic acids is 2. The van der Waals surface area contributed by atoms with Crippen LogP contribution in [0, 0.1) is 0 Å². The van der Waals surface area contributed by atoms with E-state index in [1.807, 2.05) is 0 Å². The van der Waals surface area contributed by atoms with Crippen LogP contribution in [0.5, 0.6) is 11.5 Å². The lowest BCUT2D eigenvalue weighted by atomic mass is 10.1. The number of amides is 1. The van der Waals surface area contributed by atoms with Gasteiger partial charge in [0.05, 0.1) is 12.0 Å². The van der Waals surface area contributed by atoms with E-state index in [0.29, 0.717) is 10.0 Å². The van der Waals surface area contributed by atoms with Gasteiger partial charge >= 0.3 is 11.9 Å². The molecule has 0 bridgehead atoms. The van der Waals surface area contributed by atoms with Gasteiger partial charge in [0.1, 0.15) is 10.4 Å². The number of ether oxygens (including phenoxy) is 1. The smallest absolute Gasteiger partial charge is 0.326 e. The summed E-state index contributed by atoms with van der Waals surface area (Å²) < 4.78 is 5.56. The monoisotopic (exact) mass is 475 g/mol. The van der Waals surface area contributed by atoms with E-state index >= 15 is 0 Å². The summed E-state index contributed by atoms with van der Waals surface area (Å²) in [5.74, 6) is -3.01. The number of benzene rings is 1. The van der Waals surface area contributed by atoms with Gasteiger partial charge in [-0.3, -0.25) is 14.5 Å². The first-order chi connectivity index (χ1) is 12.6. The van der Waals surface area contributed by atoms with E-state index in [9.17, 15) is 24.6 Å². The van der Waals surface area contributed by atoms with Crippen LogP contribution in [0.3, 0.4) is 0 Å². The lowest BCUT2D eigenvalue weighted by Crippen LogP contribution is -2.44. The number of thiocarbonyl (C=S) groups is 1. The summed E-state index contributed by atoms with van der Waals surface area (Å²) in [5.41, 5.74) is 0.516. The van der Waals surface area contributed by atoms with Gasteiger partial charge in [-0.2, -0.15) is 0 Å². The van der Waals surface area contributed by atoms with Crippen molar-refractivity contribution in [3.8, 4) is 11.5 Å². The normalized spacial score (nSPS) is 16.7. The molecular formula is C16H14BrNO7S2. The van der Waals surface area contributed by atoms with Crippen molar-refractivity contribution in [1.82, 2.24) is 4.90 Å². The fourth-order valence-corrected chi connectivity index (χ4v) is 4.14. The van der Waals surface area contributed by atoms with E-state index in [1.165, 1.54) is 25.3 Å². The topological polar surface area (TPSA) is 124 Å². The Morgan fingerprint density at radius 1 is 1.41 bits per heavy atom. The minimum absolute atomic E-state index is 0.0332. The van der Waals surface area contributed by atoms with Crippen LogP contribution in [0.15, 0.2) is 21.5 Å². The number of nitrogens with zero attached hydrogens (tertiary/aromatic N) is 1. The molecule has 1 aromatic carbocycles. The molecule has 0 spiro atoms. The van der Waals surface area contributed by atoms with Crippen LogP contribution in [0.1, 0.15) is 18.4 Å². The second kappa shape index (κ2) is 8.72. The Morgan fingerprint density at radius 3 is 2.63 bits per heavy atom. The third-order valence-corrected chi connectivity index (χ3v) is 5.65. The number of hydrogen-bond acceptors (Lipinski definition) is 7. The van der Waals surface area contributed by atoms with Gasteiger partial charge in [-0.15, -0.1) is 0 Å². The van der Waals surface area contributed by atoms with E-state index in [2.05, 4.69) is 15.9 Å². The summed E-state index contributed by atoms with van der Waals surface area (Å²) in [6.07, 6.45) is 0.816. The number of hydrogen-bond donors (Lipinski definition) is 3. The third-order valence-electron chi connectivity index (χ3n) is 3.64. The summed E-state index contributed by atoms with van der Waals surface area (Å²) in [6, 6.07) is 1.54. The van der Waals surface area contributed by atoms with Gasteiger partial charge in [0.25, 0.3) is 5.91 Å². The molecule has 0 aromatic heterocycles. The quantitative estimate of drug-likeness (QED) is 0.403. The summed E-state index contributed by atoms with van der Waals surface area (Å²) >= 11 is 9.32. The Bertz CT molecular complexity index is 855. The van der Waals surface area contributed by atoms with Crippen molar-refractivity contribution >= 4 is 68.2 Å².